The average Bonchev–Trinajstić information content (AvgIpc) is 3.00. The van der Waals surface area contributed by atoms with Gasteiger partial charge in [-0.25, -0.2) is 14.2 Å². The maximum absolute atomic E-state index is 13.5. The van der Waals surface area contributed by atoms with Crippen molar-refractivity contribution in [2.24, 2.45) is 0 Å². The Morgan fingerprint density at radius 2 is 2.22 bits per heavy atom. The van der Waals surface area contributed by atoms with Crippen LogP contribution in [0.25, 0.3) is 0 Å². The van der Waals surface area contributed by atoms with Crippen molar-refractivity contribution in [2.75, 3.05) is 11.9 Å². The van der Waals surface area contributed by atoms with Gasteiger partial charge in [0.15, 0.2) is 11.6 Å². The van der Waals surface area contributed by atoms with E-state index in [1.165, 1.54) is 23.6 Å². The van der Waals surface area contributed by atoms with Gasteiger partial charge in [-0.2, -0.15) is 5.26 Å². The third-order valence-corrected chi connectivity index (χ3v) is 3.69. The zero-order valence-corrected chi connectivity index (χ0v) is 12.9. The lowest BCUT2D eigenvalue weighted by Crippen LogP contribution is -2.20. The van der Waals surface area contributed by atoms with Crippen LogP contribution in [0.1, 0.15) is 28.3 Å². The van der Waals surface area contributed by atoms with Crippen LogP contribution >= 0.6 is 11.3 Å². The van der Waals surface area contributed by atoms with Gasteiger partial charge in [0.05, 0.1) is 18.4 Å². The van der Waals surface area contributed by atoms with E-state index in [2.05, 4.69) is 10.3 Å². The molecule has 2 aromatic rings. The number of para-hydroxylation sites is 1. The van der Waals surface area contributed by atoms with Crippen LogP contribution in [0.2, 0.25) is 0 Å². The molecular weight excluding hydrogens is 321 g/mol. The van der Waals surface area contributed by atoms with Crippen LogP contribution in [0.3, 0.4) is 0 Å². The Morgan fingerprint density at radius 1 is 1.48 bits per heavy atom. The lowest BCUT2D eigenvalue weighted by molar-refractivity contribution is -0.116. The molecule has 8 heteroatoms. The zero-order chi connectivity index (χ0) is 16.8. The standard InChI is InChI=1S/C15H12FN3O3S/c1-2-22-15(21)12-8-23-14(19-12)9(7-17)13(20)18-11-6-4-3-5-10(11)16/h3-6,8-9H,2H2,1H3,(H,18,20)/t9-/m1/s1. The van der Waals surface area contributed by atoms with Crippen molar-refractivity contribution in [1.29, 1.82) is 5.26 Å². The number of hydrogen-bond donors (Lipinski definition) is 1. The molecule has 23 heavy (non-hydrogen) atoms. The number of amides is 1. The van der Waals surface area contributed by atoms with E-state index < -0.39 is 23.6 Å². The summed E-state index contributed by atoms with van der Waals surface area (Å²) in [5, 5.41) is 13.1. The van der Waals surface area contributed by atoms with Crippen molar-refractivity contribution in [2.45, 2.75) is 12.8 Å². The predicted octanol–water partition coefficient (Wildman–Crippen LogP) is 2.70. The first-order valence-electron chi connectivity index (χ1n) is 6.64. The molecule has 1 N–H and O–H groups in total. The minimum atomic E-state index is -1.25. The number of hydrogen-bond acceptors (Lipinski definition) is 6. The van der Waals surface area contributed by atoms with Crippen molar-refractivity contribution in [3.63, 3.8) is 0 Å². The van der Waals surface area contributed by atoms with Crippen LogP contribution < -0.4 is 5.32 Å². The lowest BCUT2D eigenvalue weighted by atomic mass is 10.1. The number of carbonyl (C=O) groups is 2. The van der Waals surface area contributed by atoms with Gasteiger partial charge in [0.25, 0.3) is 0 Å². The average molecular weight is 333 g/mol. The molecular formula is C15H12FN3O3S. The highest BCUT2D eigenvalue weighted by atomic mass is 32.1. The SMILES string of the molecule is CCOC(=O)c1csc([C@H](C#N)C(=O)Nc2ccccc2F)n1. The molecule has 0 spiro atoms. The minimum absolute atomic E-state index is 0.0278. The number of thiazole rings is 1. The highest BCUT2D eigenvalue weighted by molar-refractivity contribution is 7.10. The summed E-state index contributed by atoms with van der Waals surface area (Å²) in [5.41, 5.74) is 0.00529. The molecule has 2 rings (SSSR count). The molecule has 0 aliphatic rings. The quantitative estimate of drug-likeness (QED) is 0.849. The fraction of sp³-hybridized carbons (Fsp3) is 0.200. The van der Waals surface area contributed by atoms with Gasteiger partial charge in [0.2, 0.25) is 5.91 Å². The number of benzene rings is 1. The van der Waals surface area contributed by atoms with E-state index in [0.29, 0.717) is 0 Å². The van der Waals surface area contributed by atoms with E-state index in [0.717, 1.165) is 11.3 Å². The summed E-state index contributed by atoms with van der Waals surface area (Å²) in [6, 6.07) is 7.42. The molecule has 0 radical (unpaired) electrons. The van der Waals surface area contributed by atoms with Crippen LogP contribution in [-0.4, -0.2) is 23.5 Å². The molecule has 0 saturated heterocycles. The maximum atomic E-state index is 13.5. The maximum Gasteiger partial charge on any atom is 0.357 e. The molecule has 118 valence electrons. The molecule has 6 nitrogen and oxygen atoms in total. The monoisotopic (exact) mass is 333 g/mol. The second kappa shape index (κ2) is 7.47. The molecule has 1 atom stereocenters. The van der Waals surface area contributed by atoms with Crippen LogP contribution in [0, 0.1) is 17.1 Å². The van der Waals surface area contributed by atoms with Crippen LogP contribution in [0.15, 0.2) is 29.6 Å². The first-order valence-corrected chi connectivity index (χ1v) is 7.52. The van der Waals surface area contributed by atoms with E-state index in [9.17, 15) is 19.2 Å². The Kier molecular flexibility index (Phi) is 5.38. The highest BCUT2D eigenvalue weighted by Gasteiger charge is 2.26. The number of ether oxygens (including phenoxy) is 1. The molecule has 0 unspecified atom stereocenters. The summed E-state index contributed by atoms with van der Waals surface area (Å²) >= 11 is 0.990. The summed E-state index contributed by atoms with van der Waals surface area (Å²) < 4.78 is 18.3. The van der Waals surface area contributed by atoms with Gasteiger partial charge >= 0.3 is 5.97 Å². The Hall–Kier alpha value is -2.79. The third kappa shape index (κ3) is 3.90. The van der Waals surface area contributed by atoms with Crippen LogP contribution in [0.5, 0.6) is 0 Å². The lowest BCUT2D eigenvalue weighted by Gasteiger charge is -2.08. The molecule has 0 aliphatic heterocycles. The Morgan fingerprint density at radius 3 is 2.87 bits per heavy atom. The fourth-order valence-corrected chi connectivity index (χ4v) is 2.54. The zero-order valence-electron chi connectivity index (χ0n) is 12.1. The molecule has 1 heterocycles. The molecule has 1 aromatic heterocycles. The molecule has 1 aromatic carbocycles. The number of nitrogens with one attached hydrogen (secondary N) is 1. The van der Waals surface area contributed by atoms with E-state index in [1.54, 1.807) is 19.1 Å². The normalized spacial score (nSPS) is 11.3. The van der Waals surface area contributed by atoms with Crippen molar-refractivity contribution in [3.8, 4) is 6.07 Å². The fourth-order valence-electron chi connectivity index (χ4n) is 1.71. The number of halogens is 1. The van der Waals surface area contributed by atoms with Gasteiger partial charge in [-0.3, -0.25) is 4.79 Å². The molecule has 1 amide bonds. The first-order chi connectivity index (χ1) is 11.1. The third-order valence-electron chi connectivity index (χ3n) is 2.78. The van der Waals surface area contributed by atoms with E-state index in [1.807, 2.05) is 0 Å². The highest BCUT2D eigenvalue weighted by Crippen LogP contribution is 2.23. The van der Waals surface area contributed by atoms with Crippen molar-refractivity contribution in [3.05, 3.63) is 46.2 Å². The van der Waals surface area contributed by atoms with Crippen LogP contribution in [0.4, 0.5) is 10.1 Å². The number of anilines is 1. The van der Waals surface area contributed by atoms with Crippen molar-refractivity contribution >= 4 is 28.9 Å². The number of aromatic nitrogens is 1. The molecule has 0 aliphatic carbocycles. The Labute approximate surface area is 135 Å². The number of nitrogens with zero attached hydrogens (tertiary/aromatic N) is 2. The number of esters is 1. The Bertz CT molecular complexity index is 769. The second-order valence-corrected chi connectivity index (χ2v) is 5.21. The van der Waals surface area contributed by atoms with Gasteiger partial charge in [0.1, 0.15) is 10.8 Å². The van der Waals surface area contributed by atoms with Crippen molar-refractivity contribution < 1.29 is 18.7 Å². The van der Waals surface area contributed by atoms with E-state index in [4.69, 9.17) is 4.74 Å². The summed E-state index contributed by atoms with van der Waals surface area (Å²) in [6.07, 6.45) is 0. The minimum Gasteiger partial charge on any atom is -0.461 e. The summed E-state index contributed by atoms with van der Waals surface area (Å²) in [4.78, 5) is 27.7. The number of rotatable bonds is 5. The number of nitriles is 1. The van der Waals surface area contributed by atoms with Crippen molar-refractivity contribution in [1.82, 2.24) is 4.98 Å². The smallest absolute Gasteiger partial charge is 0.357 e. The van der Waals surface area contributed by atoms with Crippen LogP contribution in [-0.2, 0) is 9.53 Å². The molecule has 0 bridgehead atoms. The first kappa shape index (κ1) is 16.6. The molecule has 0 saturated carbocycles. The van der Waals surface area contributed by atoms with E-state index >= 15 is 0 Å². The summed E-state index contributed by atoms with van der Waals surface area (Å²) in [6.45, 7) is 1.85. The molecule has 0 fully saturated rings. The number of carbonyl (C=O) groups excluding carboxylic acids is 2. The summed E-state index contributed by atoms with van der Waals surface area (Å²) in [7, 11) is 0. The topological polar surface area (TPSA) is 92.1 Å². The van der Waals surface area contributed by atoms with E-state index in [-0.39, 0.29) is 23.0 Å². The van der Waals surface area contributed by atoms with Gasteiger partial charge in [0, 0.05) is 5.38 Å². The van der Waals surface area contributed by atoms with Gasteiger partial charge in [-0.15, -0.1) is 11.3 Å². The Balaban J connectivity index is 2.17. The second-order valence-electron chi connectivity index (χ2n) is 4.32. The van der Waals surface area contributed by atoms with Gasteiger partial charge in [-0.1, -0.05) is 12.1 Å². The predicted molar refractivity (Wildman–Crippen MR) is 81.5 cm³/mol. The van der Waals surface area contributed by atoms with Gasteiger partial charge in [-0.05, 0) is 19.1 Å². The largest absolute Gasteiger partial charge is 0.461 e. The summed E-state index contributed by atoms with van der Waals surface area (Å²) in [5.74, 6) is -3.20. The van der Waals surface area contributed by atoms with Gasteiger partial charge < -0.3 is 10.1 Å².